The lowest BCUT2D eigenvalue weighted by molar-refractivity contribution is 0.0692. The third-order valence-electron chi connectivity index (χ3n) is 4.53. The van der Waals surface area contributed by atoms with E-state index in [1.165, 1.54) is 0 Å². The SMILES string of the molecule is Cc1noc(C2CCCN(C(=O)c3ccc(C)c(C)c3O)C2)n1. The number of aryl methyl sites for hydroxylation is 2. The molecule has 1 aliphatic heterocycles. The Bertz CT molecular complexity index is 739. The van der Waals surface area contributed by atoms with Crippen molar-refractivity contribution in [2.45, 2.75) is 39.5 Å². The van der Waals surface area contributed by atoms with E-state index in [1.54, 1.807) is 17.9 Å². The molecule has 3 rings (SSSR count). The molecule has 2 heterocycles. The fraction of sp³-hybridized carbons (Fsp3) is 0.471. The minimum absolute atomic E-state index is 0.0580. The minimum atomic E-state index is -0.147. The zero-order valence-electron chi connectivity index (χ0n) is 13.7. The number of carbonyl (C=O) groups is 1. The average Bonchev–Trinajstić information content (AvgIpc) is 2.99. The summed E-state index contributed by atoms with van der Waals surface area (Å²) in [6.45, 7) is 6.73. The molecule has 1 fully saturated rings. The van der Waals surface area contributed by atoms with Crippen molar-refractivity contribution in [2.75, 3.05) is 13.1 Å². The van der Waals surface area contributed by atoms with Gasteiger partial charge in [-0.2, -0.15) is 4.98 Å². The normalized spacial score (nSPS) is 18.2. The number of piperidine rings is 1. The van der Waals surface area contributed by atoms with Crippen LogP contribution >= 0.6 is 0 Å². The van der Waals surface area contributed by atoms with Crippen molar-refractivity contribution in [2.24, 2.45) is 0 Å². The summed E-state index contributed by atoms with van der Waals surface area (Å²) >= 11 is 0. The molecule has 1 unspecified atom stereocenters. The summed E-state index contributed by atoms with van der Waals surface area (Å²) in [5, 5.41) is 14.1. The molecule has 2 aromatic rings. The van der Waals surface area contributed by atoms with E-state index in [-0.39, 0.29) is 17.6 Å². The van der Waals surface area contributed by atoms with E-state index in [0.717, 1.165) is 24.0 Å². The van der Waals surface area contributed by atoms with Gasteiger partial charge < -0.3 is 14.5 Å². The van der Waals surface area contributed by atoms with Gasteiger partial charge in [-0.3, -0.25) is 4.79 Å². The highest BCUT2D eigenvalue weighted by Gasteiger charge is 2.30. The first-order valence-corrected chi connectivity index (χ1v) is 7.86. The smallest absolute Gasteiger partial charge is 0.257 e. The first-order valence-electron chi connectivity index (χ1n) is 7.86. The first kappa shape index (κ1) is 15.5. The Morgan fingerprint density at radius 2 is 2.13 bits per heavy atom. The molecule has 1 N–H and O–H groups in total. The first-order chi connectivity index (χ1) is 11.0. The maximum atomic E-state index is 12.8. The molecule has 0 bridgehead atoms. The van der Waals surface area contributed by atoms with Gasteiger partial charge in [0, 0.05) is 13.1 Å². The number of likely N-dealkylation sites (tertiary alicyclic amines) is 1. The molecule has 0 radical (unpaired) electrons. The van der Waals surface area contributed by atoms with Crippen LogP contribution in [-0.4, -0.2) is 39.1 Å². The van der Waals surface area contributed by atoms with E-state index in [2.05, 4.69) is 10.1 Å². The predicted octanol–water partition coefficient (Wildman–Crippen LogP) is 2.72. The molecule has 0 saturated carbocycles. The van der Waals surface area contributed by atoms with Gasteiger partial charge in [-0.1, -0.05) is 11.2 Å². The van der Waals surface area contributed by atoms with E-state index in [4.69, 9.17) is 4.52 Å². The van der Waals surface area contributed by atoms with Crippen LogP contribution < -0.4 is 0 Å². The number of benzene rings is 1. The Morgan fingerprint density at radius 1 is 1.35 bits per heavy atom. The third kappa shape index (κ3) is 2.93. The molecule has 1 amide bonds. The molecule has 6 heteroatoms. The standard InChI is InChI=1S/C17H21N3O3/c1-10-6-7-14(15(21)11(10)2)17(22)20-8-4-5-13(9-20)16-18-12(3)19-23-16/h6-7,13,21H,4-5,8-9H2,1-3H3. The number of phenolic OH excluding ortho intramolecular Hbond substituents is 1. The number of amides is 1. The molecule has 1 aromatic heterocycles. The second-order valence-electron chi connectivity index (χ2n) is 6.17. The number of rotatable bonds is 2. The summed E-state index contributed by atoms with van der Waals surface area (Å²) in [5.41, 5.74) is 2.07. The van der Waals surface area contributed by atoms with Gasteiger partial charge in [-0.05, 0) is 50.8 Å². The molecule has 1 aliphatic rings. The van der Waals surface area contributed by atoms with Crippen molar-refractivity contribution in [1.82, 2.24) is 15.0 Å². The van der Waals surface area contributed by atoms with E-state index >= 15 is 0 Å². The second kappa shape index (κ2) is 6.02. The molecule has 122 valence electrons. The number of phenols is 1. The van der Waals surface area contributed by atoms with Crippen LogP contribution in [0, 0.1) is 20.8 Å². The maximum absolute atomic E-state index is 12.8. The topological polar surface area (TPSA) is 79.5 Å². The van der Waals surface area contributed by atoms with Crippen LogP contribution in [0.15, 0.2) is 16.7 Å². The highest BCUT2D eigenvalue weighted by Crippen LogP contribution is 2.30. The number of hydrogen-bond donors (Lipinski definition) is 1. The van der Waals surface area contributed by atoms with Crippen molar-refractivity contribution < 1.29 is 14.4 Å². The number of hydrogen-bond acceptors (Lipinski definition) is 5. The molecule has 1 saturated heterocycles. The van der Waals surface area contributed by atoms with Crippen LogP contribution in [0.25, 0.3) is 0 Å². The Hall–Kier alpha value is -2.37. The summed E-state index contributed by atoms with van der Waals surface area (Å²) in [5.74, 6) is 1.18. The predicted molar refractivity (Wildman–Crippen MR) is 84.5 cm³/mol. The van der Waals surface area contributed by atoms with Gasteiger partial charge in [0.15, 0.2) is 5.82 Å². The number of carbonyl (C=O) groups excluding carboxylic acids is 1. The van der Waals surface area contributed by atoms with Gasteiger partial charge in [-0.25, -0.2) is 0 Å². The largest absolute Gasteiger partial charge is 0.507 e. The van der Waals surface area contributed by atoms with E-state index in [0.29, 0.717) is 30.4 Å². The van der Waals surface area contributed by atoms with E-state index in [1.807, 2.05) is 19.9 Å². The minimum Gasteiger partial charge on any atom is -0.507 e. The maximum Gasteiger partial charge on any atom is 0.257 e. The van der Waals surface area contributed by atoms with Crippen LogP contribution in [0.4, 0.5) is 0 Å². The van der Waals surface area contributed by atoms with Gasteiger partial charge in [0.25, 0.3) is 5.91 Å². The molecule has 1 aromatic carbocycles. The Labute approximate surface area is 135 Å². The van der Waals surface area contributed by atoms with Crippen molar-refractivity contribution in [1.29, 1.82) is 0 Å². The zero-order valence-corrected chi connectivity index (χ0v) is 13.7. The highest BCUT2D eigenvalue weighted by atomic mass is 16.5. The summed E-state index contributed by atoms with van der Waals surface area (Å²) in [7, 11) is 0. The molecule has 0 spiro atoms. The number of aromatic nitrogens is 2. The van der Waals surface area contributed by atoms with Gasteiger partial charge >= 0.3 is 0 Å². The summed E-state index contributed by atoms with van der Waals surface area (Å²) < 4.78 is 5.25. The average molecular weight is 315 g/mol. The van der Waals surface area contributed by atoms with Crippen molar-refractivity contribution in [3.05, 3.63) is 40.5 Å². The Morgan fingerprint density at radius 3 is 2.83 bits per heavy atom. The lowest BCUT2D eigenvalue weighted by Crippen LogP contribution is -2.39. The van der Waals surface area contributed by atoms with Gasteiger partial charge in [0.2, 0.25) is 5.89 Å². The van der Waals surface area contributed by atoms with E-state index in [9.17, 15) is 9.90 Å². The van der Waals surface area contributed by atoms with Crippen LogP contribution in [0.3, 0.4) is 0 Å². The molecule has 1 atom stereocenters. The van der Waals surface area contributed by atoms with Crippen molar-refractivity contribution in [3.8, 4) is 5.75 Å². The summed E-state index contributed by atoms with van der Waals surface area (Å²) in [6, 6.07) is 3.56. The third-order valence-corrected chi connectivity index (χ3v) is 4.53. The molecule has 0 aliphatic carbocycles. The van der Waals surface area contributed by atoms with Crippen LogP contribution in [0.5, 0.6) is 5.75 Å². The highest BCUT2D eigenvalue weighted by molar-refractivity contribution is 5.97. The zero-order chi connectivity index (χ0) is 16.6. The second-order valence-corrected chi connectivity index (χ2v) is 6.17. The Balaban J connectivity index is 1.81. The van der Waals surface area contributed by atoms with Gasteiger partial charge in [0.05, 0.1) is 11.5 Å². The lowest BCUT2D eigenvalue weighted by atomic mass is 9.96. The van der Waals surface area contributed by atoms with E-state index < -0.39 is 0 Å². The van der Waals surface area contributed by atoms with Crippen LogP contribution in [-0.2, 0) is 0 Å². The molecular formula is C17H21N3O3. The monoisotopic (exact) mass is 315 g/mol. The molecule has 23 heavy (non-hydrogen) atoms. The Kier molecular flexibility index (Phi) is 4.07. The summed E-state index contributed by atoms with van der Waals surface area (Å²) in [6.07, 6.45) is 1.80. The quantitative estimate of drug-likeness (QED) is 0.921. The number of nitrogens with zero attached hydrogens (tertiary/aromatic N) is 3. The van der Waals surface area contributed by atoms with Crippen LogP contribution in [0.2, 0.25) is 0 Å². The van der Waals surface area contributed by atoms with Gasteiger partial charge in [0.1, 0.15) is 5.75 Å². The fourth-order valence-corrected chi connectivity index (χ4v) is 2.99. The van der Waals surface area contributed by atoms with Crippen LogP contribution in [0.1, 0.15) is 52.0 Å². The van der Waals surface area contributed by atoms with Crippen molar-refractivity contribution >= 4 is 5.91 Å². The van der Waals surface area contributed by atoms with Gasteiger partial charge in [-0.15, -0.1) is 0 Å². The summed E-state index contributed by atoms with van der Waals surface area (Å²) in [4.78, 5) is 18.8. The van der Waals surface area contributed by atoms with Crippen molar-refractivity contribution in [3.63, 3.8) is 0 Å². The number of aromatic hydroxyl groups is 1. The molecule has 6 nitrogen and oxygen atoms in total. The fourth-order valence-electron chi connectivity index (χ4n) is 2.99. The lowest BCUT2D eigenvalue weighted by Gasteiger charge is -2.31. The molecular weight excluding hydrogens is 294 g/mol.